The van der Waals surface area contributed by atoms with Crippen LogP contribution < -0.4 is 10.5 Å². The molecule has 1 amide bonds. The van der Waals surface area contributed by atoms with Gasteiger partial charge in [0.15, 0.2) is 0 Å². The smallest absolute Gasteiger partial charge is 0.226 e. The second-order valence-electron chi connectivity index (χ2n) is 4.62. The third-order valence-electron chi connectivity index (χ3n) is 3.10. The summed E-state index contributed by atoms with van der Waals surface area (Å²) in [6.45, 7) is 2.92. The summed E-state index contributed by atoms with van der Waals surface area (Å²) in [7, 11) is 3.45. The second kappa shape index (κ2) is 7.50. The van der Waals surface area contributed by atoms with Gasteiger partial charge >= 0.3 is 0 Å². The zero-order chi connectivity index (χ0) is 14.4. The SMILES string of the molecule is COc1ccc(CCN(C)C(=O)C(C)CN)cc1Br. The number of ether oxygens (including phenoxy) is 1. The van der Waals surface area contributed by atoms with Gasteiger partial charge in [0, 0.05) is 26.1 Å². The van der Waals surface area contributed by atoms with Gasteiger partial charge in [-0.25, -0.2) is 0 Å². The lowest BCUT2D eigenvalue weighted by Gasteiger charge is -2.20. The van der Waals surface area contributed by atoms with Gasteiger partial charge in [0.05, 0.1) is 11.6 Å². The number of likely N-dealkylation sites (N-methyl/N-ethyl adjacent to an activating group) is 1. The highest BCUT2D eigenvalue weighted by Crippen LogP contribution is 2.25. The molecule has 0 aliphatic rings. The van der Waals surface area contributed by atoms with E-state index in [0.29, 0.717) is 13.1 Å². The Kier molecular flexibility index (Phi) is 6.31. The predicted molar refractivity (Wildman–Crippen MR) is 80.3 cm³/mol. The van der Waals surface area contributed by atoms with E-state index >= 15 is 0 Å². The number of benzene rings is 1. The molecule has 1 aromatic carbocycles. The number of hydrogen-bond acceptors (Lipinski definition) is 3. The maximum absolute atomic E-state index is 11.9. The molecule has 1 unspecified atom stereocenters. The maximum atomic E-state index is 11.9. The molecule has 0 heterocycles. The van der Waals surface area contributed by atoms with Gasteiger partial charge in [-0.2, -0.15) is 0 Å². The quantitative estimate of drug-likeness (QED) is 0.869. The molecule has 0 aliphatic carbocycles. The number of nitrogens with zero attached hydrogens (tertiary/aromatic N) is 1. The molecule has 0 saturated heterocycles. The van der Waals surface area contributed by atoms with Crippen LogP contribution >= 0.6 is 15.9 Å². The zero-order valence-electron chi connectivity index (χ0n) is 11.6. The minimum atomic E-state index is -0.118. The highest BCUT2D eigenvalue weighted by molar-refractivity contribution is 9.10. The molecule has 2 N–H and O–H groups in total. The van der Waals surface area contributed by atoms with Gasteiger partial charge in [-0.3, -0.25) is 4.79 Å². The average molecular weight is 329 g/mol. The normalized spacial score (nSPS) is 12.1. The van der Waals surface area contributed by atoms with Crippen LogP contribution in [0.4, 0.5) is 0 Å². The molecule has 1 aromatic rings. The molecular weight excluding hydrogens is 308 g/mol. The van der Waals surface area contributed by atoms with Gasteiger partial charge in [-0.1, -0.05) is 13.0 Å². The minimum absolute atomic E-state index is 0.0927. The maximum Gasteiger partial charge on any atom is 0.226 e. The first kappa shape index (κ1) is 16.0. The first-order valence-electron chi connectivity index (χ1n) is 6.27. The Bertz CT molecular complexity index is 437. The van der Waals surface area contributed by atoms with Crippen molar-refractivity contribution in [2.45, 2.75) is 13.3 Å². The summed E-state index contributed by atoms with van der Waals surface area (Å²) in [5, 5.41) is 0. The largest absolute Gasteiger partial charge is 0.496 e. The van der Waals surface area contributed by atoms with E-state index in [1.54, 1.807) is 12.0 Å². The molecule has 1 rings (SSSR count). The van der Waals surface area contributed by atoms with E-state index in [9.17, 15) is 4.79 Å². The molecule has 1 atom stereocenters. The van der Waals surface area contributed by atoms with Crippen molar-refractivity contribution in [1.82, 2.24) is 4.90 Å². The van der Waals surface area contributed by atoms with Gasteiger partial charge in [0.1, 0.15) is 5.75 Å². The molecule has 0 aliphatic heterocycles. The van der Waals surface area contributed by atoms with E-state index in [4.69, 9.17) is 10.5 Å². The van der Waals surface area contributed by atoms with Crippen molar-refractivity contribution in [3.63, 3.8) is 0 Å². The molecule has 4 nitrogen and oxygen atoms in total. The average Bonchev–Trinajstić information content (AvgIpc) is 2.43. The molecular formula is C14H21BrN2O2. The summed E-state index contributed by atoms with van der Waals surface area (Å²) in [5.74, 6) is 0.785. The first-order valence-corrected chi connectivity index (χ1v) is 7.06. The van der Waals surface area contributed by atoms with Gasteiger partial charge in [-0.05, 0) is 40.0 Å². The van der Waals surface area contributed by atoms with Crippen LogP contribution in [0.25, 0.3) is 0 Å². The van der Waals surface area contributed by atoms with Crippen LogP contribution in [0.15, 0.2) is 22.7 Å². The number of hydrogen-bond donors (Lipinski definition) is 1. The van der Waals surface area contributed by atoms with Gasteiger partial charge in [0.2, 0.25) is 5.91 Å². The van der Waals surface area contributed by atoms with Crippen LogP contribution in [0.2, 0.25) is 0 Å². The minimum Gasteiger partial charge on any atom is -0.496 e. The lowest BCUT2D eigenvalue weighted by molar-refractivity contribution is -0.133. The van der Waals surface area contributed by atoms with Gasteiger partial charge in [0.25, 0.3) is 0 Å². The first-order chi connectivity index (χ1) is 8.99. The van der Waals surface area contributed by atoms with E-state index in [1.165, 1.54) is 0 Å². The van der Waals surface area contributed by atoms with E-state index in [0.717, 1.165) is 22.2 Å². The Labute approximate surface area is 123 Å². The van der Waals surface area contributed by atoms with Crippen molar-refractivity contribution in [2.75, 3.05) is 27.2 Å². The molecule has 5 heteroatoms. The fourth-order valence-corrected chi connectivity index (χ4v) is 2.34. The molecule has 0 aromatic heterocycles. The van der Waals surface area contributed by atoms with E-state index < -0.39 is 0 Å². The van der Waals surface area contributed by atoms with Crippen LogP contribution in [-0.4, -0.2) is 38.1 Å². The number of rotatable bonds is 6. The van der Waals surface area contributed by atoms with Crippen LogP contribution in [0.5, 0.6) is 5.75 Å². The number of nitrogens with two attached hydrogens (primary N) is 1. The van der Waals surface area contributed by atoms with E-state index in [2.05, 4.69) is 15.9 Å². The standard InChI is InChI=1S/C14H21BrN2O2/c1-10(9-16)14(18)17(2)7-6-11-4-5-13(19-3)12(15)8-11/h4-5,8,10H,6-7,9,16H2,1-3H3. The van der Waals surface area contributed by atoms with Crippen LogP contribution in [0, 0.1) is 5.92 Å². The topological polar surface area (TPSA) is 55.6 Å². The number of halogens is 1. The van der Waals surface area contributed by atoms with Crippen molar-refractivity contribution < 1.29 is 9.53 Å². The fraction of sp³-hybridized carbons (Fsp3) is 0.500. The van der Waals surface area contributed by atoms with Crippen LogP contribution in [0.3, 0.4) is 0 Å². The number of amides is 1. The summed E-state index contributed by atoms with van der Waals surface area (Å²) < 4.78 is 6.11. The van der Waals surface area contributed by atoms with Crippen LogP contribution in [-0.2, 0) is 11.2 Å². The number of methoxy groups -OCH3 is 1. The van der Waals surface area contributed by atoms with Crippen molar-refractivity contribution in [3.8, 4) is 5.75 Å². The lowest BCUT2D eigenvalue weighted by atomic mass is 10.1. The summed E-state index contributed by atoms with van der Waals surface area (Å²) in [4.78, 5) is 13.6. The predicted octanol–water partition coefficient (Wildman–Crippen LogP) is 2.05. The Morgan fingerprint density at radius 3 is 2.74 bits per heavy atom. The molecule has 0 saturated carbocycles. The molecule has 0 spiro atoms. The Balaban J connectivity index is 2.57. The summed E-state index contributed by atoms with van der Waals surface area (Å²) in [5.41, 5.74) is 6.66. The second-order valence-corrected chi connectivity index (χ2v) is 5.47. The summed E-state index contributed by atoms with van der Waals surface area (Å²) >= 11 is 3.46. The van der Waals surface area contributed by atoms with Crippen LogP contribution in [0.1, 0.15) is 12.5 Å². The Morgan fingerprint density at radius 1 is 1.53 bits per heavy atom. The van der Waals surface area contributed by atoms with Crippen molar-refractivity contribution in [1.29, 1.82) is 0 Å². The van der Waals surface area contributed by atoms with E-state index in [-0.39, 0.29) is 11.8 Å². The van der Waals surface area contributed by atoms with Gasteiger partial charge in [-0.15, -0.1) is 0 Å². The monoisotopic (exact) mass is 328 g/mol. The lowest BCUT2D eigenvalue weighted by Crippen LogP contribution is -2.36. The summed E-state index contributed by atoms with van der Waals surface area (Å²) in [6.07, 6.45) is 0.808. The Morgan fingerprint density at radius 2 is 2.21 bits per heavy atom. The fourth-order valence-electron chi connectivity index (χ4n) is 1.75. The number of carbonyl (C=O) groups excluding carboxylic acids is 1. The molecule has 0 bridgehead atoms. The molecule has 0 radical (unpaired) electrons. The van der Waals surface area contributed by atoms with Crippen molar-refractivity contribution >= 4 is 21.8 Å². The third kappa shape index (κ3) is 4.51. The number of carbonyl (C=O) groups is 1. The Hall–Kier alpha value is -1.07. The molecule has 106 valence electrons. The summed E-state index contributed by atoms with van der Waals surface area (Å²) in [6, 6.07) is 5.95. The molecule has 0 fully saturated rings. The van der Waals surface area contributed by atoms with Crippen molar-refractivity contribution in [2.24, 2.45) is 11.7 Å². The van der Waals surface area contributed by atoms with E-state index in [1.807, 2.05) is 32.2 Å². The highest BCUT2D eigenvalue weighted by Gasteiger charge is 2.15. The van der Waals surface area contributed by atoms with Crippen molar-refractivity contribution in [3.05, 3.63) is 28.2 Å². The van der Waals surface area contributed by atoms with Gasteiger partial charge < -0.3 is 15.4 Å². The third-order valence-corrected chi connectivity index (χ3v) is 3.72. The molecule has 19 heavy (non-hydrogen) atoms. The highest BCUT2D eigenvalue weighted by atomic mass is 79.9. The zero-order valence-corrected chi connectivity index (χ0v) is 13.2.